The molecular weight excluding hydrogens is 286 g/mol. The molecule has 0 aliphatic carbocycles. The topological polar surface area (TPSA) is 67.0 Å². The highest BCUT2D eigenvalue weighted by Gasteiger charge is 2.04. The summed E-state index contributed by atoms with van der Waals surface area (Å²) in [6, 6.07) is 8.97. The zero-order chi connectivity index (χ0) is 15.2. The molecular formula is C15H19N3O2S. The molecule has 2 aromatic rings. The van der Waals surface area contributed by atoms with E-state index in [1.54, 1.807) is 18.9 Å². The zero-order valence-corrected chi connectivity index (χ0v) is 13.2. The van der Waals surface area contributed by atoms with Crippen molar-refractivity contribution in [3.63, 3.8) is 0 Å². The summed E-state index contributed by atoms with van der Waals surface area (Å²) >= 11 is 1.75. The van der Waals surface area contributed by atoms with Gasteiger partial charge in [0.15, 0.2) is 0 Å². The van der Waals surface area contributed by atoms with Crippen molar-refractivity contribution in [1.82, 2.24) is 9.97 Å². The van der Waals surface area contributed by atoms with Gasteiger partial charge in [-0.2, -0.15) is 11.8 Å². The van der Waals surface area contributed by atoms with Gasteiger partial charge in [-0.25, -0.2) is 4.98 Å². The quantitative estimate of drug-likeness (QED) is 0.858. The minimum Gasteiger partial charge on any atom is -0.497 e. The largest absolute Gasteiger partial charge is 0.497 e. The van der Waals surface area contributed by atoms with Gasteiger partial charge in [0.1, 0.15) is 5.75 Å². The number of methoxy groups -OCH3 is 1. The first kappa shape index (κ1) is 15.4. The van der Waals surface area contributed by atoms with Crippen molar-refractivity contribution in [2.75, 3.05) is 12.4 Å². The smallest absolute Gasteiger partial charge is 0.252 e. The number of ether oxygens (including phenoxy) is 1. The Labute approximate surface area is 128 Å². The van der Waals surface area contributed by atoms with E-state index in [0.29, 0.717) is 11.2 Å². The second kappa shape index (κ2) is 7.17. The van der Waals surface area contributed by atoms with Crippen LogP contribution in [0.15, 0.2) is 35.1 Å². The van der Waals surface area contributed by atoms with Crippen LogP contribution in [0, 0.1) is 0 Å². The molecule has 0 saturated heterocycles. The van der Waals surface area contributed by atoms with E-state index >= 15 is 0 Å². The molecule has 0 radical (unpaired) electrons. The van der Waals surface area contributed by atoms with Crippen molar-refractivity contribution >= 4 is 23.4 Å². The Hall–Kier alpha value is -1.95. The Morgan fingerprint density at radius 3 is 2.67 bits per heavy atom. The van der Waals surface area contributed by atoms with Gasteiger partial charge >= 0.3 is 0 Å². The normalized spacial score (nSPS) is 10.7. The van der Waals surface area contributed by atoms with E-state index in [1.165, 1.54) is 6.07 Å². The highest BCUT2D eigenvalue weighted by Crippen LogP contribution is 2.19. The fraction of sp³-hybridized carbons (Fsp3) is 0.333. The number of benzene rings is 1. The van der Waals surface area contributed by atoms with Crippen molar-refractivity contribution in [3.05, 3.63) is 46.4 Å². The summed E-state index contributed by atoms with van der Waals surface area (Å²) in [6.45, 7) is 4.24. The standard InChI is InChI=1S/C15H19N3O2S/c1-10(2)21-9-12-8-14(19)18-15(17-12)16-11-4-6-13(20-3)7-5-11/h4-8,10H,9H2,1-3H3,(H2,16,17,18,19). The molecule has 21 heavy (non-hydrogen) atoms. The van der Waals surface area contributed by atoms with E-state index < -0.39 is 0 Å². The van der Waals surface area contributed by atoms with Crippen LogP contribution in [0.5, 0.6) is 5.75 Å². The van der Waals surface area contributed by atoms with Gasteiger partial charge in [-0.3, -0.25) is 9.78 Å². The van der Waals surface area contributed by atoms with E-state index in [1.807, 2.05) is 24.3 Å². The predicted molar refractivity (Wildman–Crippen MR) is 87.6 cm³/mol. The van der Waals surface area contributed by atoms with Gasteiger partial charge in [0.05, 0.1) is 12.8 Å². The monoisotopic (exact) mass is 305 g/mol. The number of aromatic nitrogens is 2. The molecule has 0 atom stereocenters. The molecule has 6 heteroatoms. The molecule has 112 valence electrons. The maximum Gasteiger partial charge on any atom is 0.252 e. The van der Waals surface area contributed by atoms with Crippen molar-refractivity contribution in [2.45, 2.75) is 24.9 Å². The van der Waals surface area contributed by atoms with Crippen LogP contribution < -0.4 is 15.6 Å². The molecule has 5 nitrogen and oxygen atoms in total. The van der Waals surface area contributed by atoms with Crippen LogP contribution in [0.25, 0.3) is 0 Å². The summed E-state index contributed by atoms with van der Waals surface area (Å²) in [7, 11) is 1.62. The Morgan fingerprint density at radius 2 is 2.05 bits per heavy atom. The van der Waals surface area contributed by atoms with Crippen LogP contribution in [0.3, 0.4) is 0 Å². The summed E-state index contributed by atoms with van der Waals surface area (Å²) in [4.78, 5) is 18.8. The Bertz CT molecular complexity index is 638. The minimum absolute atomic E-state index is 0.152. The molecule has 0 bridgehead atoms. The van der Waals surface area contributed by atoms with E-state index in [9.17, 15) is 4.79 Å². The molecule has 2 rings (SSSR count). The Morgan fingerprint density at radius 1 is 1.33 bits per heavy atom. The lowest BCUT2D eigenvalue weighted by Crippen LogP contribution is -2.12. The van der Waals surface area contributed by atoms with Gasteiger partial charge in [-0.1, -0.05) is 13.8 Å². The number of hydrogen-bond acceptors (Lipinski definition) is 5. The number of rotatable bonds is 6. The summed E-state index contributed by atoms with van der Waals surface area (Å²) in [5.74, 6) is 1.95. The van der Waals surface area contributed by atoms with Gasteiger partial charge in [0.25, 0.3) is 5.56 Å². The van der Waals surface area contributed by atoms with Crippen LogP contribution in [0.1, 0.15) is 19.5 Å². The highest BCUT2D eigenvalue weighted by molar-refractivity contribution is 7.99. The second-order valence-electron chi connectivity index (χ2n) is 4.80. The number of aromatic amines is 1. The summed E-state index contributed by atoms with van der Waals surface area (Å²) in [6.07, 6.45) is 0. The van der Waals surface area contributed by atoms with Crippen molar-refractivity contribution < 1.29 is 4.74 Å². The molecule has 0 amide bonds. The third-order valence-electron chi connectivity index (χ3n) is 2.71. The fourth-order valence-corrected chi connectivity index (χ4v) is 2.36. The van der Waals surface area contributed by atoms with Crippen LogP contribution >= 0.6 is 11.8 Å². The number of nitrogens with one attached hydrogen (secondary N) is 2. The average molecular weight is 305 g/mol. The minimum atomic E-state index is -0.152. The summed E-state index contributed by atoms with van der Waals surface area (Å²) in [5.41, 5.74) is 1.46. The molecule has 2 N–H and O–H groups in total. The molecule has 1 aromatic heterocycles. The number of nitrogens with zero attached hydrogens (tertiary/aromatic N) is 1. The molecule has 0 saturated carbocycles. The average Bonchev–Trinajstić information content (AvgIpc) is 2.45. The lowest BCUT2D eigenvalue weighted by molar-refractivity contribution is 0.415. The molecule has 0 spiro atoms. The molecule has 0 fully saturated rings. The number of thioether (sulfide) groups is 1. The van der Waals surface area contributed by atoms with Crippen molar-refractivity contribution in [3.8, 4) is 5.75 Å². The van der Waals surface area contributed by atoms with E-state index in [2.05, 4.69) is 29.1 Å². The third-order valence-corrected chi connectivity index (χ3v) is 3.84. The third kappa shape index (κ3) is 4.82. The fourth-order valence-electron chi connectivity index (χ4n) is 1.70. The second-order valence-corrected chi connectivity index (χ2v) is 6.36. The predicted octanol–water partition coefficient (Wildman–Crippen LogP) is 3.16. The van der Waals surface area contributed by atoms with E-state index in [-0.39, 0.29) is 5.56 Å². The molecule has 0 unspecified atom stereocenters. The first-order valence-electron chi connectivity index (χ1n) is 6.70. The van der Waals surface area contributed by atoms with Gasteiger partial charge in [-0.05, 0) is 29.5 Å². The number of hydrogen-bond donors (Lipinski definition) is 2. The maximum absolute atomic E-state index is 11.7. The molecule has 1 aromatic carbocycles. The van der Waals surface area contributed by atoms with E-state index in [0.717, 1.165) is 22.9 Å². The maximum atomic E-state index is 11.7. The lowest BCUT2D eigenvalue weighted by atomic mass is 10.3. The van der Waals surface area contributed by atoms with Gasteiger partial charge in [0, 0.05) is 17.5 Å². The van der Waals surface area contributed by atoms with Crippen LogP contribution in [0.4, 0.5) is 11.6 Å². The first-order valence-corrected chi connectivity index (χ1v) is 7.74. The van der Waals surface area contributed by atoms with Crippen molar-refractivity contribution in [2.24, 2.45) is 0 Å². The van der Waals surface area contributed by atoms with E-state index in [4.69, 9.17) is 4.74 Å². The molecule has 1 heterocycles. The van der Waals surface area contributed by atoms with Gasteiger partial charge in [-0.15, -0.1) is 0 Å². The van der Waals surface area contributed by atoms with Crippen LogP contribution in [0.2, 0.25) is 0 Å². The van der Waals surface area contributed by atoms with Crippen LogP contribution in [-0.4, -0.2) is 22.3 Å². The number of anilines is 2. The molecule has 0 aliphatic rings. The Kier molecular flexibility index (Phi) is 5.27. The zero-order valence-electron chi connectivity index (χ0n) is 12.3. The highest BCUT2D eigenvalue weighted by atomic mass is 32.2. The first-order chi connectivity index (χ1) is 10.1. The number of H-pyrrole nitrogens is 1. The Balaban J connectivity index is 2.13. The van der Waals surface area contributed by atoms with Crippen LogP contribution in [-0.2, 0) is 5.75 Å². The summed E-state index contributed by atoms with van der Waals surface area (Å²) < 4.78 is 5.11. The summed E-state index contributed by atoms with van der Waals surface area (Å²) in [5, 5.41) is 3.60. The van der Waals surface area contributed by atoms with Gasteiger partial charge < -0.3 is 10.1 Å². The molecule has 0 aliphatic heterocycles. The van der Waals surface area contributed by atoms with Gasteiger partial charge in [0.2, 0.25) is 5.95 Å². The SMILES string of the molecule is COc1ccc(Nc2nc(CSC(C)C)cc(=O)[nH]2)cc1. The van der Waals surface area contributed by atoms with Crippen molar-refractivity contribution in [1.29, 1.82) is 0 Å². The lowest BCUT2D eigenvalue weighted by Gasteiger charge is -2.08.